The van der Waals surface area contributed by atoms with E-state index in [-0.39, 0.29) is 6.04 Å². The van der Waals surface area contributed by atoms with E-state index in [1.807, 2.05) is 25.1 Å². The Bertz CT molecular complexity index is 479. The fourth-order valence-electron chi connectivity index (χ4n) is 1.65. The normalized spacial score (nSPS) is 12.2. The Morgan fingerprint density at radius 3 is 2.53 bits per heavy atom. The second-order valence-electron chi connectivity index (χ2n) is 3.90. The van der Waals surface area contributed by atoms with E-state index in [9.17, 15) is 0 Å². The highest BCUT2D eigenvalue weighted by Gasteiger charge is 2.06. The van der Waals surface area contributed by atoms with Gasteiger partial charge in [-0.25, -0.2) is 9.97 Å². The smallest absolute Gasteiger partial charge is 0.134 e. The highest BCUT2D eigenvalue weighted by Crippen LogP contribution is 2.19. The third-order valence-corrected chi connectivity index (χ3v) is 2.66. The van der Waals surface area contributed by atoms with E-state index < -0.39 is 0 Å². The van der Waals surface area contributed by atoms with Crippen molar-refractivity contribution in [3.05, 3.63) is 52.9 Å². The fourth-order valence-corrected chi connectivity index (χ4v) is 1.88. The van der Waals surface area contributed by atoms with E-state index in [1.54, 1.807) is 6.07 Å². The molecular formula is C13H14ClN3. The lowest BCUT2D eigenvalue weighted by atomic mass is 10.1. The van der Waals surface area contributed by atoms with E-state index in [2.05, 4.69) is 34.3 Å². The van der Waals surface area contributed by atoms with Gasteiger partial charge in [-0.1, -0.05) is 41.9 Å². The number of aromatic nitrogens is 2. The summed E-state index contributed by atoms with van der Waals surface area (Å²) in [6.45, 7) is 3.91. The number of nitrogens with zero attached hydrogens (tertiary/aromatic N) is 2. The summed E-state index contributed by atoms with van der Waals surface area (Å²) in [7, 11) is 0. The SMILES string of the molecule is Cc1nc(Cl)cc(NC(C)c2ccccc2)n1. The maximum Gasteiger partial charge on any atom is 0.134 e. The third kappa shape index (κ3) is 3.17. The quantitative estimate of drug-likeness (QED) is 0.842. The zero-order valence-corrected chi connectivity index (χ0v) is 10.6. The van der Waals surface area contributed by atoms with Crippen LogP contribution in [0.5, 0.6) is 0 Å². The topological polar surface area (TPSA) is 37.8 Å². The maximum absolute atomic E-state index is 5.89. The molecule has 1 N–H and O–H groups in total. The Balaban J connectivity index is 2.16. The molecule has 0 saturated carbocycles. The molecule has 0 aliphatic rings. The van der Waals surface area contributed by atoms with Crippen molar-refractivity contribution in [3.63, 3.8) is 0 Å². The average Bonchev–Trinajstić information content (AvgIpc) is 2.28. The van der Waals surface area contributed by atoms with Crippen molar-refractivity contribution < 1.29 is 0 Å². The molecule has 0 bridgehead atoms. The van der Waals surface area contributed by atoms with Crippen molar-refractivity contribution in [2.75, 3.05) is 5.32 Å². The molecule has 0 spiro atoms. The molecule has 1 aromatic carbocycles. The fraction of sp³-hybridized carbons (Fsp3) is 0.231. The van der Waals surface area contributed by atoms with Crippen LogP contribution >= 0.6 is 11.6 Å². The van der Waals surface area contributed by atoms with Crippen molar-refractivity contribution in [1.29, 1.82) is 0 Å². The van der Waals surface area contributed by atoms with Crippen LogP contribution in [0.1, 0.15) is 24.4 Å². The van der Waals surface area contributed by atoms with E-state index >= 15 is 0 Å². The van der Waals surface area contributed by atoms with Gasteiger partial charge in [-0.3, -0.25) is 0 Å². The van der Waals surface area contributed by atoms with E-state index in [0.717, 1.165) is 5.82 Å². The number of hydrogen-bond acceptors (Lipinski definition) is 3. The van der Waals surface area contributed by atoms with Crippen molar-refractivity contribution in [1.82, 2.24) is 9.97 Å². The number of benzene rings is 1. The molecule has 3 nitrogen and oxygen atoms in total. The molecule has 0 fully saturated rings. The summed E-state index contributed by atoms with van der Waals surface area (Å²) < 4.78 is 0. The first-order valence-electron chi connectivity index (χ1n) is 5.48. The lowest BCUT2D eigenvalue weighted by Crippen LogP contribution is -2.08. The van der Waals surface area contributed by atoms with Crippen LogP contribution in [0.2, 0.25) is 5.15 Å². The molecule has 4 heteroatoms. The van der Waals surface area contributed by atoms with Crippen LogP contribution in [0.3, 0.4) is 0 Å². The lowest BCUT2D eigenvalue weighted by molar-refractivity contribution is 0.867. The summed E-state index contributed by atoms with van der Waals surface area (Å²) >= 11 is 5.89. The molecule has 88 valence electrons. The number of anilines is 1. The summed E-state index contributed by atoms with van der Waals surface area (Å²) in [4.78, 5) is 8.32. The van der Waals surface area contributed by atoms with E-state index in [4.69, 9.17) is 11.6 Å². The number of aryl methyl sites for hydroxylation is 1. The number of halogens is 1. The molecule has 0 saturated heterocycles. The summed E-state index contributed by atoms with van der Waals surface area (Å²) in [5, 5.41) is 3.76. The van der Waals surface area contributed by atoms with Gasteiger partial charge in [0.2, 0.25) is 0 Å². The Kier molecular flexibility index (Phi) is 3.59. The molecule has 1 unspecified atom stereocenters. The van der Waals surface area contributed by atoms with Gasteiger partial charge in [0.1, 0.15) is 16.8 Å². The summed E-state index contributed by atoms with van der Waals surface area (Å²) in [6, 6.07) is 12.1. The molecule has 17 heavy (non-hydrogen) atoms. The first-order valence-corrected chi connectivity index (χ1v) is 5.85. The first-order chi connectivity index (χ1) is 8.15. The molecule has 1 heterocycles. The van der Waals surface area contributed by atoms with Crippen molar-refractivity contribution in [2.45, 2.75) is 19.9 Å². The van der Waals surface area contributed by atoms with Crippen LogP contribution in [0.15, 0.2) is 36.4 Å². The van der Waals surface area contributed by atoms with Gasteiger partial charge in [-0.2, -0.15) is 0 Å². The van der Waals surface area contributed by atoms with Crippen LogP contribution in [0.25, 0.3) is 0 Å². The Hall–Kier alpha value is -1.61. The number of hydrogen-bond donors (Lipinski definition) is 1. The zero-order chi connectivity index (χ0) is 12.3. The second-order valence-corrected chi connectivity index (χ2v) is 4.29. The summed E-state index contributed by atoms with van der Waals surface area (Å²) in [6.07, 6.45) is 0. The van der Waals surface area contributed by atoms with Crippen LogP contribution in [0.4, 0.5) is 5.82 Å². The Labute approximate surface area is 106 Å². The number of rotatable bonds is 3. The molecule has 0 amide bonds. The second kappa shape index (κ2) is 5.15. The van der Waals surface area contributed by atoms with Gasteiger partial charge in [0.25, 0.3) is 0 Å². The van der Waals surface area contributed by atoms with Gasteiger partial charge < -0.3 is 5.32 Å². The van der Waals surface area contributed by atoms with E-state index in [1.165, 1.54) is 5.56 Å². The Morgan fingerprint density at radius 2 is 1.88 bits per heavy atom. The van der Waals surface area contributed by atoms with Gasteiger partial charge >= 0.3 is 0 Å². The molecule has 1 atom stereocenters. The molecule has 0 radical (unpaired) electrons. The highest BCUT2D eigenvalue weighted by atomic mass is 35.5. The molecule has 1 aromatic heterocycles. The number of nitrogens with one attached hydrogen (secondary N) is 1. The highest BCUT2D eigenvalue weighted by molar-refractivity contribution is 6.29. The lowest BCUT2D eigenvalue weighted by Gasteiger charge is -2.15. The van der Waals surface area contributed by atoms with Crippen LogP contribution in [-0.2, 0) is 0 Å². The molecular weight excluding hydrogens is 234 g/mol. The van der Waals surface area contributed by atoms with Crippen LogP contribution in [0, 0.1) is 6.92 Å². The summed E-state index contributed by atoms with van der Waals surface area (Å²) in [5.41, 5.74) is 1.21. The van der Waals surface area contributed by atoms with Crippen molar-refractivity contribution >= 4 is 17.4 Å². The van der Waals surface area contributed by atoms with Crippen LogP contribution < -0.4 is 5.32 Å². The van der Waals surface area contributed by atoms with Crippen LogP contribution in [-0.4, -0.2) is 9.97 Å². The standard InChI is InChI=1S/C13H14ClN3/c1-9(11-6-4-3-5-7-11)15-13-8-12(14)16-10(2)17-13/h3-9H,1-2H3,(H,15,16,17). The van der Waals surface area contributed by atoms with Crippen molar-refractivity contribution in [2.24, 2.45) is 0 Å². The molecule has 0 aliphatic heterocycles. The zero-order valence-electron chi connectivity index (χ0n) is 9.81. The van der Waals surface area contributed by atoms with Gasteiger partial charge in [0.05, 0.1) is 0 Å². The third-order valence-electron chi connectivity index (χ3n) is 2.47. The van der Waals surface area contributed by atoms with Crippen molar-refractivity contribution in [3.8, 4) is 0 Å². The summed E-state index contributed by atoms with van der Waals surface area (Å²) in [5.74, 6) is 1.42. The monoisotopic (exact) mass is 247 g/mol. The van der Waals surface area contributed by atoms with Gasteiger partial charge in [0.15, 0.2) is 0 Å². The minimum absolute atomic E-state index is 0.182. The maximum atomic E-state index is 5.89. The predicted octanol–water partition coefficient (Wildman–Crippen LogP) is 3.61. The first kappa shape index (κ1) is 11.9. The minimum atomic E-state index is 0.182. The van der Waals surface area contributed by atoms with Gasteiger partial charge in [0, 0.05) is 12.1 Å². The van der Waals surface area contributed by atoms with E-state index in [0.29, 0.717) is 11.0 Å². The average molecular weight is 248 g/mol. The minimum Gasteiger partial charge on any atom is -0.363 e. The molecule has 0 aliphatic carbocycles. The van der Waals surface area contributed by atoms with Gasteiger partial charge in [-0.15, -0.1) is 0 Å². The molecule has 2 aromatic rings. The largest absolute Gasteiger partial charge is 0.363 e. The Morgan fingerprint density at radius 1 is 1.18 bits per heavy atom. The predicted molar refractivity (Wildman–Crippen MR) is 70.3 cm³/mol. The molecule has 2 rings (SSSR count). The van der Waals surface area contributed by atoms with Gasteiger partial charge in [-0.05, 0) is 19.4 Å².